The largest absolute Gasteiger partial charge is 0.348 e. The number of amides is 1. The number of thiazole rings is 1. The number of nitrogens with zero attached hydrogens (tertiary/aromatic N) is 1. The Morgan fingerprint density at radius 1 is 1.71 bits per heavy atom. The maximum atomic E-state index is 11.4. The number of rotatable bonds is 4. The quantitative estimate of drug-likeness (QED) is 0.775. The van der Waals surface area contributed by atoms with Crippen molar-refractivity contribution in [3.05, 3.63) is 16.6 Å². The minimum absolute atomic E-state index is 0.116. The monoisotopic (exact) mass is 213 g/mol. The lowest BCUT2D eigenvalue weighted by molar-refractivity contribution is -0.123. The number of carbonyl (C=O) groups is 1. The van der Waals surface area contributed by atoms with Crippen molar-refractivity contribution in [1.82, 2.24) is 10.3 Å². The Morgan fingerprint density at radius 2 is 2.43 bits per heavy atom. The van der Waals surface area contributed by atoms with E-state index in [9.17, 15) is 4.79 Å². The highest BCUT2D eigenvalue weighted by Gasteiger charge is 2.16. The molecule has 0 radical (unpaired) electrons. The molecule has 14 heavy (non-hydrogen) atoms. The summed E-state index contributed by atoms with van der Waals surface area (Å²) in [5, 5.41) is 5.53. The van der Waals surface area contributed by atoms with Crippen molar-refractivity contribution in [2.75, 3.05) is 0 Å². The summed E-state index contributed by atoms with van der Waals surface area (Å²) in [6.07, 6.45) is 1.72. The van der Waals surface area contributed by atoms with Gasteiger partial charge in [-0.2, -0.15) is 0 Å². The molecule has 0 aliphatic carbocycles. The first-order valence-electron chi connectivity index (χ1n) is 4.53. The summed E-state index contributed by atoms with van der Waals surface area (Å²) in [5.74, 6) is 0.0431. The summed E-state index contributed by atoms with van der Waals surface area (Å²) in [6, 6.07) is -0.435. The number of aromatic nitrogens is 1. The fourth-order valence-electron chi connectivity index (χ4n) is 0.924. The summed E-state index contributed by atoms with van der Waals surface area (Å²) in [4.78, 5) is 15.5. The summed E-state index contributed by atoms with van der Waals surface area (Å²) >= 11 is 1.52. The van der Waals surface area contributed by atoms with E-state index in [2.05, 4.69) is 10.3 Å². The van der Waals surface area contributed by atoms with Crippen LogP contribution in [0.2, 0.25) is 0 Å². The fraction of sp³-hybridized carbons (Fsp3) is 0.556. The molecule has 1 aromatic heterocycles. The first-order valence-corrected chi connectivity index (χ1v) is 5.41. The summed E-state index contributed by atoms with van der Waals surface area (Å²) in [5.41, 5.74) is 5.67. The van der Waals surface area contributed by atoms with E-state index in [0.29, 0.717) is 6.54 Å². The molecule has 4 nitrogen and oxygen atoms in total. The number of carbonyl (C=O) groups excluding carboxylic acids is 1. The van der Waals surface area contributed by atoms with Gasteiger partial charge >= 0.3 is 0 Å². The molecular weight excluding hydrogens is 198 g/mol. The molecule has 5 heteroatoms. The summed E-state index contributed by atoms with van der Waals surface area (Å²) in [6.45, 7) is 4.32. The van der Waals surface area contributed by atoms with Crippen molar-refractivity contribution in [2.24, 2.45) is 11.7 Å². The van der Waals surface area contributed by atoms with E-state index < -0.39 is 6.04 Å². The van der Waals surface area contributed by atoms with Gasteiger partial charge in [0.15, 0.2) is 0 Å². The Bertz CT molecular complexity index is 284. The van der Waals surface area contributed by atoms with Crippen LogP contribution in [0.5, 0.6) is 0 Å². The molecule has 1 aromatic rings. The van der Waals surface area contributed by atoms with Crippen LogP contribution in [0.15, 0.2) is 11.6 Å². The van der Waals surface area contributed by atoms with Gasteiger partial charge < -0.3 is 11.1 Å². The Balaban J connectivity index is 2.35. The third kappa shape index (κ3) is 3.08. The minimum Gasteiger partial charge on any atom is -0.348 e. The van der Waals surface area contributed by atoms with E-state index in [1.165, 1.54) is 11.3 Å². The van der Waals surface area contributed by atoms with Gasteiger partial charge in [0.1, 0.15) is 5.01 Å². The standard InChI is InChI=1S/C9H15N3OS/c1-6(2)8(10)9(13)12-5-7-11-3-4-14-7/h3-4,6,8H,5,10H2,1-2H3,(H,12,13). The second-order valence-corrected chi connectivity index (χ2v) is 4.39. The Morgan fingerprint density at radius 3 is 2.93 bits per heavy atom. The molecule has 1 rings (SSSR count). The molecule has 78 valence electrons. The van der Waals surface area contributed by atoms with Crippen LogP contribution in [-0.4, -0.2) is 16.9 Å². The molecular formula is C9H15N3OS. The van der Waals surface area contributed by atoms with E-state index >= 15 is 0 Å². The maximum Gasteiger partial charge on any atom is 0.237 e. The topological polar surface area (TPSA) is 68.0 Å². The average Bonchev–Trinajstić information content (AvgIpc) is 2.65. The van der Waals surface area contributed by atoms with Crippen LogP contribution < -0.4 is 11.1 Å². The molecule has 0 aliphatic heterocycles. The smallest absolute Gasteiger partial charge is 0.237 e. The van der Waals surface area contributed by atoms with Gasteiger partial charge in [-0.15, -0.1) is 11.3 Å². The summed E-state index contributed by atoms with van der Waals surface area (Å²) in [7, 11) is 0. The van der Waals surface area contributed by atoms with Crippen LogP contribution in [-0.2, 0) is 11.3 Å². The van der Waals surface area contributed by atoms with E-state index in [-0.39, 0.29) is 11.8 Å². The molecule has 0 bridgehead atoms. The molecule has 1 heterocycles. The number of hydrogen-bond acceptors (Lipinski definition) is 4. The molecule has 1 amide bonds. The van der Waals surface area contributed by atoms with Gasteiger partial charge in [-0.25, -0.2) is 4.98 Å². The van der Waals surface area contributed by atoms with Crippen molar-refractivity contribution in [3.63, 3.8) is 0 Å². The molecule has 0 aliphatic rings. The zero-order chi connectivity index (χ0) is 10.6. The predicted molar refractivity (Wildman–Crippen MR) is 56.8 cm³/mol. The highest BCUT2D eigenvalue weighted by molar-refractivity contribution is 7.09. The minimum atomic E-state index is -0.435. The van der Waals surface area contributed by atoms with Crippen LogP contribution >= 0.6 is 11.3 Å². The average molecular weight is 213 g/mol. The van der Waals surface area contributed by atoms with E-state index in [4.69, 9.17) is 5.73 Å². The second-order valence-electron chi connectivity index (χ2n) is 3.41. The van der Waals surface area contributed by atoms with Gasteiger partial charge in [0.25, 0.3) is 0 Å². The lowest BCUT2D eigenvalue weighted by Crippen LogP contribution is -2.43. The van der Waals surface area contributed by atoms with E-state index in [1.54, 1.807) is 6.20 Å². The molecule has 0 saturated carbocycles. The Hall–Kier alpha value is -0.940. The fourth-order valence-corrected chi connectivity index (χ4v) is 1.48. The van der Waals surface area contributed by atoms with Crippen LogP contribution in [0, 0.1) is 5.92 Å². The zero-order valence-corrected chi connectivity index (χ0v) is 9.17. The third-order valence-electron chi connectivity index (χ3n) is 1.92. The van der Waals surface area contributed by atoms with Gasteiger partial charge in [0.2, 0.25) is 5.91 Å². The third-order valence-corrected chi connectivity index (χ3v) is 2.70. The second kappa shape index (κ2) is 5.07. The van der Waals surface area contributed by atoms with Crippen molar-refractivity contribution < 1.29 is 4.79 Å². The lowest BCUT2D eigenvalue weighted by atomic mass is 10.1. The highest BCUT2D eigenvalue weighted by atomic mass is 32.1. The van der Waals surface area contributed by atoms with Crippen molar-refractivity contribution >= 4 is 17.2 Å². The SMILES string of the molecule is CC(C)C(N)C(=O)NCc1nccs1. The molecule has 1 unspecified atom stereocenters. The first kappa shape index (κ1) is 11.1. The highest BCUT2D eigenvalue weighted by Crippen LogP contribution is 2.03. The molecule has 1 atom stereocenters. The molecule has 0 fully saturated rings. The number of nitrogens with two attached hydrogens (primary N) is 1. The van der Waals surface area contributed by atoms with Crippen molar-refractivity contribution in [1.29, 1.82) is 0 Å². The van der Waals surface area contributed by atoms with Gasteiger partial charge in [0.05, 0.1) is 12.6 Å². The van der Waals surface area contributed by atoms with Crippen LogP contribution in [0.4, 0.5) is 0 Å². The van der Waals surface area contributed by atoms with Crippen molar-refractivity contribution in [2.45, 2.75) is 26.4 Å². The molecule has 0 aromatic carbocycles. The zero-order valence-electron chi connectivity index (χ0n) is 8.36. The number of nitrogens with one attached hydrogen (secondary N) is 1. The lowest BCUT2D eigenvalue weighted by Gasteiger charge is -2.14. The molecule has 0 spiro atoms. The maximum absolute atomic E-state index is 11.4. The van der Waals surface area contributed by atoms with Crippen LogP contribution in [0.25, 0.3) is 0 Å². The predicted octanol–water partition coefficient (Wildman–Crippen LogP) is 0.743. The van der Waals surface area contributed by atoms with E-state index in [1.807, 2.05) is 19.2 Å². The van der Waals surface area contributed by atoms with Crippen LogP contribution in [0.1, 0.15) is 18.9 Å². The number of hydrogen-bond donors (Lipinski definition) is 2. The van der Waals surface area contributed by atoms with Gasteiger partial charge in [-0.3, -0.25) is 4.79 Å². The van der Waals surface area contributed by atoms with Gasteiger partial charge in [-0.05, 0) is 5.92 Å². The van der Waals surface area contributed by atoms with E-state index in [0.717, 1.165) is 5.01 Å². The van der Waals surface area contributed by atoms with Gasteiger partial charge in [0, 0.05) is 11.6 Å². The molecule has 3 N–H and O–H groups in total. The summed E-state index contributed by atoms with van der Waals surface area (Å²) < 4.78 is 0. The molecule has 0 saturated heterocycles. The van der Waals surface area contributed by atoms with Gasteiger partial charge in [-0.1, -0.05) is 13.8 Å². The van der Waals surface area contributed by atoms with Crippen LogP contribution in [0.3, 0.4) is 0 Å². The Kier molecular flexibility index (Phi) is 4.03. The normalized spacial score (nSPS) is 12.9. The first-order chi connectivity index (χ1) is 6.61. The van der Waals surface area contributed by atoms with Crippen molar-refractivity contribution in [3.8, 4) is 0 Å². The Labute approximate surface area is 87.5 Å².